The number of carbonyl (C=O) groups excluding carboxylic acids is 2. The molecule has 3 amide bonds. The van der Waals surface area contributed by atoms with Crippen molar-refractivity contribution >= 4 is 29.2 Å². The summed E-state index contributed by atoms with van der Waals surface area (Å²) in [4.78, 5) is 23.6. The lowest BCUT2D eigenvalue weighted by Crippen LogP contribution is -2.34. The molecular weight excluding hydrogens is 349 g/mol. The highest BCUT2D eigenvalue weighted by Crippen LogP contribution is 2.29. The minimum absolute atomic E-state index is 0.00174. The summed E-state index contributed by atoms with van der Waals surface area (Å²) in [7, 11) is 0.961. The number of nitrogens with one attached hydrogen (secondary N) is 2. The van der Waals surface area contributed by atoms with E-state index in [9.17, 15) is 22.8 Å². The summed E-state index contributed by atoms with van der Waals surface area (Å²) in [6.07, 6.45) is 0. The van der Waals surface area contributed by atoms with Gasteiger partial charge in [-0.25, -0.2) is 13.6 Å². The maximum Gasteiger partial charge on any atom is 0.326 e. The van der Waals surface area contributed by atoms with Crippen LogP contribution in [0.5, 0.6) is 5.75 Å². The minimum atomic E-state index is -1.61. The molecular formula is C15H10ClF3N2O3. The van der Waals surface area contributed by atoms with Crippen molar-refractivity contribution in [2.45, 2.75) is 0 Å². The Balaban J connectivity index is 2.16. The monoisotopic (exact) mass is 358 g/mol. The van der Waals surface area contributed by atoms with Crippen LogP contribution in [0.1, 0.15) is 10.4 Å². The molecule has 0 aliphatic carbocycles. The summed E-state index contributed by atoms with van der Waals surface area (Å²) in [5, 5.41) is 3.80. The molecule has 0 unspecified atom stereocenters. The van der Waals surface area contributed by atoms with E-state index in [2.05, 4.69) is 4.74 Å². The van der Waals surface area contributed by atoms with Crippen molar-refractivity contribution in [3.63, 3.8) is 0 Å². The number of hydrogen-bond acceptors (Lipinski definition) is 3. The topological polar surface area (TPSA) is 67.4 Å². The number of urea groups is 1. The van der Waals surface area contributed by atoms with Crippen LogP contribution in [0.25, 0.3) is 0 Å². The van der Waals surface area contributed by atoms with Gasteiger partial charge in [0.15, 0.2) is 17.4 Å². The third-order valence-corrected chi connectivity index (χ3v) is 3.24. The average molecular weight is 359 g/mol. The fourth-order valence-corrected chi connectivity index (χ4v) is 2.05. The van der Waals surface area contributed by atoms with Crippen LogP contribution in [0.3, 0.4) is 0 Å². The number of imide groups is 1. The Labute approximate surface area is 139 Å². The van der Waals surface area contributed by atoms with E-state index in [1.165, 1.54) is 18.2 Å². The minimum Gasteiger partial charge on any atom is -0.491 e. The first-order valence-corrected chi connectivity index (χ1v) is 6.81. The van der Waals surface area contributed by atoms with E-state index >= 15 is 0 Å². The van der Waals surface area contributed by atoms with E-state index in [1.54, 1.807) is 6.07 Å². The molecule has 2 N–H and O–H groups in total. The first-order valence-electron chi connectivity index (χ1n) is 6.43. The molecule has 0 saturated carbocycles. The molecule has 0 aromatic heterocycles. The standard InChI is InChI=1S/C15H10ClF3N2O3/c1-24-13-9(17)6-10(11(18)12(13)19)20-15(23)21-14(22)7-4-2-3-5-8(7)16/h2-6H,1H3,(H2,20,21,22,23). The van der Waals surface area contributed by atoms with Crippen molar-refractivity contribution in [3.05, 3.63) is 58.4 Å². The Hall–Kier alpha value is -2.74. The van der Waals surface area contributed by atoms with Crippen LogP contribution in [-0.4, -0.2) is 19.0 Å². The van der Waals surface area contributed by atoms with E-state index in [-0.39, 0.29) is 10.6 Å². The zero-order valence-corrected chi connectivity index (χ0v) is 12.9. The Bertz CT molecular complexity index is 815. The van der Waals surface area contributed by atoms with E-state index < -0.39 is 40.8 Å². The van der Waals surface area contributed by atoms with E-state index in [0.29, 0.717) is 6.07 Å². The van der Waals surface area contributed by atoms with Gasteiger partial charge in [0.25, 0.3) is 5.91 Å². The zero-order valence-electron chi connectivity index (χ0n) is 12.1. The van der Waals surface area contributed by atoms with Gasteiger partial charge in [-0.3, -0.25) is 10.1 Å². The highest BCUT2D eigenvalue weighted by molar-refractivity contribution is 6.34. The number of hydrogen-bond donors (Lipinski definition) is 2. The molecule has 0 atom stereocenters. The summed E-state index contributed by atoms with van der Waals surface area (Å²) < 4.78 is 45.2. The van der Waals surface area contributed by atoms with Crippen molar-refractivity contribution in [2.75, 3.05) is 12.4 Å². The predicted octanol–water partition coefficient (Wildman–Crippen LogP) is 3.73. The Kier molecular flexibility index (Phi) is 5.30. The van der Waals surface area contributed by atoms with Crippen LogP contribution < -0.4 is 15.4 Å². The molecule has 2 aromatic carbocycles. The van der Waals surface area contributed by atoms with Gasteiger partial charge in [-0.05, 0) is 12.1 Å². The van der Waals surface area contributed by atoms with Crippen molar-refractivity contribution in [3.8, 4) is 5.75 Å². The zero-order chi connectivity index (χ0) is 17.9. The SMILES string of the molecule is COc1c(F)cc(NC(=O)NC(=O)c2ccccc2Cl)c(F)c1F. The fraction of sp³-hybridized carbons (Fsp3) is 0.0667. The van der Waals surface area contributed by atoms with Gasteiger partial charge in [-0.1, -0.05) is 23.7 Å². The van der Waals surface area contributed by atoms with E-state index in [0.717, 1.165) is 7.11 Å². The van der Waals surface area contributed by atoms with Gasteiger partial charge in [0.05, 0.1) is 23.4 Å². The average Bonchev–Trinajstić information content (AvgIpc) is 2.53. The second-order valence-electron chi connectivity index (χ2n) is 4.46. The Morgan fingerprint density at radius 1 is 1.12 bits per heavy atom. The fourth-order valence-electron chi connectivity index (χ4n) is 1.83. The number of methoxy groups -OCH3 is 1. The summed E-state index contributed by atoms with van der Waals surface area (Å²) >= 11 is 5.80. The van der Waals surface area contributed by atoms with Gasteiger partial charge in [0, 0.05) is 6.07 Å². The second-order valence-corrected chi connectivity index (χ2v) is 4.86. The quantitative estimate of drug-likeness (QED) is 0.822. The van der Waals surface area contributed by atoms with Crippen LogP contribution in [0.2, 0.25) is 5.02 Å². The number of benzene rings is 2. The number of amides is 3. The van der Waals surface area contributed by atoms with Gasteiger partial charge in [0.2, 0.25) is 5.82 Å². The maximum atomic E-state index is 13.7. The summed E-state index contributed by atoms with van der Waals surface area (Å²) in [5.41, 5.74) is -0.794. The Morgan fingerprint density at radius 3 is 2.42 bits per heavy atom. The molecule has 0 aliphatic rings. The number of rotatable bonds is 3. The molecule has 0 fully saturated rings. The van der Waals surface area contributed by atoms with Crippen LogP contribution in [-0.2, 0) is 0 Å². The molecule has 126 valence electrons. The van der Waals surface area contributed by atoms with Crippen molar-refractivity contribution in [2.24, 2.45) is 0 Å². The predicted molar refractivity (Wildman–Crippen MR) is 80.8 cm³/mol. The number of ether oxygens (including phenoxy) is 1. The first kappa shape index (κ1) is 17.6. The highest BCUT2D eigenvalue weighted by Gasteiger charge is 2.21. The van der Waals surface area contributed by atoms with Gasteiger partial charge in [0.1, 0.15) is 0 Å². The van der Waals surface area contributed by atoms with Crippen LogP contribution >= 0.6 is 11.6 Å². The van der Waals surface area contributed by atoms with E-state index in [1.807, 2.05) is 10.6 Å². The third kappa shape index (κ3) is 3.60. The van der Waals surface area contributed by atoms with Gasteiger partial charge >= 0.3 is 6.03 Å². The van der Waals surface area contributed by atoms with Crippen molar-refractivity contribution < 1.29 is 27.5 Å². The van der Waals surface area contributed by atoms with Gasteiger partial charge in [-0.2, -0.15) is 4.39 Å². The lowest BCUT2D eigenvalue weighted by molar-refractivity contribution is 0.0967. The van der Waals surface area contributed by atoms with Crippen molar-refractivity contribution in [1.29, 1.82) is 0 Å². The number of anilines is 1. The molecule has 24 heavy (non-hydrogen) atoms. The molecule has 0 radical (unpaired) electrons. The van der Waals surface area contributed by atoms with Crippen LogP contribution in [0.4, 0.5) is 23.7 Å². The van der Waals surface area contributed by atoms with Crippen molar-refractivity contribution in [1.82, 2.24) is 5.32 Å². The highest BCUT2D eigenvalue weighted by atomic mass is 35.5. The summed E-state index contributed by atoms with van der Waals surface area (Å²) in [6, 6.07) is 5.23. The lowest BCUT2D eigenvalue weighted by Gasteiger charge is -2.11. The molecule has 0 heterocycles. The normalized spacial score (nSPS) is 10.2. The summed E-state index contributed by atoms with van der Waals surface area (Å²) in [5.74, 6) is -6.15. The lowest BCUT2D eigenvalue weighted by atomic mass is 10.2. The number of carbonyl (C=O) groups is 2. The maximum absolute atomic E-state index is 13.7. The smallest absolute Gasteiger partial charge is 0.326 e. The van der Waals surface area contributed by atoms with Crippen LogP contribution in [0.15, 0.2) is 30.3 Å². The van der Waals surface area contributed by atoms with Crippen LogP contribution in [0, 0.1) is 17.5 Å². The largest absolute Gasteiger partial charge is 0.491 e. The molecule has 0 spiro atoms. The molecule has 0 aliphatic heterocycles. The molecule has 9 heteroatoms. The molecule has 0 saturated heterocycles. The molecule has 2 rings (SSSR count). The molecule has 2 aromatic rings. The first-order chi connectivity index (χ1) is 11.3. The van der Waals surface area contributed by atoms with Gasteiger partial charge < -0.3 is 10.1 Å². The molecule has 0 bridgehead atoms. The Morgan fingerprint density at radius 2 is 1.79 bits per heavy atom. The van der Waals surface area contributed by atoms with Gasteiger partial charge in [-0.15, -0.1) is 0 Å². The molecule has 5 nitrogen and oxygen atoms in total. The third-order valence-electron chi connectivity index (χ3n) is 2.91. The number of halogens is 4. The second kappa shape index (κ2) is 7.22. The van der Waals surface area contributed by atoms with E-state index in [4.69, 9.17) is 11.6 Å². The summed E-state index contributed by atoms with van der Waals surface area (Å²) in [6.45, 7) is 0.